The van der Waals surface area contributed by atoms with E-state index in [-0.39, 0.29) is 24.0 Å². The summed E-state index contributed by atoms with van der Waals surface area (Å²) >= 11 is 0. The molecular formula is C17H21N3O2. The van der Waals surface area contributed by atoms with Crippen molar-refractivity contribution in [3.05, 3.63) is 48.3 Å². The molecule has 0 aliphatic carbocycles. The molecule has 1 aromatic heterocycles. The Balaban J connectivity index is 1.65. The molecule has 2 heterocycles. The number of nitrogens with one attached hydrogen (secondary N) is 1. The van der Waals surface area contributed by atoms with Gasteiger partial charge in [0, 0.05) is 19.0 Å². The highest BCUT2D eigenvalue weighted by Crippen LogP contribution is 2.22. The smallest absolute Gasteiger partial charge is 0.249 e. The molecule has 0 saturated carbocycles. The number of hydrogen-bond donors (Lipinski definition) is 1. The lowest BCUT2D eigenvalue weighted by molar-refractivity contribution is -0.132. The lowest BCUT2D eigenvalue weighted by atomic mass is 10.0. The average Bonchev–Trinajstić information content (AvgIpc) is 3.18. The summed E-state index contributed by atoms with van der Waals surface area (Å²) in [6.45, 7) is 4.72. The third-order valence-electron chi connectivity index (χ3n) is 4.17. The molecule has 0 radical (unpaired) electrons. The monoisotopic (exact) mass is 299 g/mol. The SMILES string of the molecule is C[C@H](NC(=O)[C@H]1OCC[C@@H]1C)c1ccc(-n2cccn2)cc1. The van der Waals surface area contributed by atoms with Crippen molar-refractivity contribution < 1.29 is 9.53 Å². The molecule has 1 fully saturated rings. The number of hydrogen-bond acceptors (Lipinski definition) is 3. The van der Waals surface area contributed by atoms with Crippen LogP contribution in [0.2, 0.25) is 0 Å². The van der Waals surface area contributed by atoms with Gasteiger partial charge in [-0.2, -0.15) is 5.10 Å². The van der Waals surface area contributed by atoms with Gasteiger partial charge in [-0.3, -0.25) is 4.79 Å². The molecule has 0 unspecified atom stereocenters. The first-order valence-corrected chi connectivity index (χ1v) is 7.67. The van der Waals surface area contributed by atoms with Gasteiger partial charge in [0.25, 0.3) is 0 Å². The zero-order chi connectivity index (χ0) is 15.5. The Hall–Kier alpha value is -2.14. The second kappa shape index (κ2) is 6.32. The summed E-state index contributed by atoms with van der Waals surface area (Å²) in [6.07, 6.45) is 4.29. The molecule has 1 aliphatic heterocycles. The Kier molecular flexibility index (Phi) is 4.24. The van der Waals surface area contributed by atoms with Crippen LogP contribution in [0.15, 0.2) is 42.7 Å². The summed E-state index contributed by atoms with van der Waals surface area (Å²) in [5, 5.41) is 7.24. The Bertz CT molecular complexity index is 622. The third-order valence-corrected chi connectivity index (χ3v) is 4.17. The minimum Gasteiger partial charge on any atom is -0.368 e. The van der Waals surface area contributed by atoms with Crippen molar-refractivity contribution in [3.63, 3.8) is 0 Å². The third kappa shape index (κ3) is 3.04. The van der Waals surface area contributed by atoms with Crippen LogP contribution < -0.4 is 5.32 Å². The quantitative estimate of drug-likeness (QED) is 0.943. The van der Waals surface area contributed by atoms with Crippen molar-refractivity contribution in [3.8, 4) is 5.69 Å². The van der Waals surface area contributed by atoms with Crippen LogP contribution in [0.1, 0.15) is 31.9 Å². The fourth-order valence-corrected chi connectivity index (χ4v) is 2.75. The number of carbonyl (C=O) groups is 1. The van der Waals surface area contributed by atoms with Crippen LogP contribution in [0.3, 0.4) is 0 Å². The molecule has 1 saturated heterocycles. The number of aromatic nitrogens is 2. The van der Waals surface area contributed by atoms with E-state index in [1.54, 1.807) is 10.9 Å². The van der Waals surface area contributed by atoms with Crippen LogP contribution in [0.25, 0.3) is 5.69 Å². The fraction of sp³-hybridized carbons (Fsp3) is 0.412. The van der Waals surface area contributed by atoms with E-state index in [4.69, 9.17) is 4.74 Å². The van der Waals surface area contributed by atoms with Gasteiger partial charge in [-0.15, -0.1) is 0 Å². The predicted molar refractivity (Wildman–Crippen MR) is 83.6 cm³/mol. The molecule has 5 heteroatoms. The predicted octanol–water partition coefficient (Wildman–Crippen LogP) is 2.47. The minimum atomic E-state index is -0.314. The van der Waals surface area contributed by atoms with E-state index >= 15 is 0 Å². The van der Waals surface area contributed by atoms with Crippen molar-refractivity contribution in [1.29, 1.82) is 0 Å². The second-order valence-corrected chi connectivity index (χ2v) is 5.83. The molecule has 1 aliphatic rings. The van der Waals surface area contributed by atoms with Crippen molar-refractivity contribution in [2.24, 2.45) is 5.92 Å². The van der Waals surface area contributed by atoms with Crippen molar-refractivity contribution >= 4 is 5.91 Å². The van der Waals surface area contributed by atoms with Crippen molar-refractivity contribution in [1.82, 2.24) is 15.1 Å². The summed E-state index contributed by atoms with van der Waals surface area (Å²) in [4.78, 5) is 12.2. The first-order valence-electron chi connectivity index (χ1n) is 7.67. The number of amides is 1. The van der Waals surface area contributed by atoms with Crippen LogP contribution >= 0.6 is 0 Å². The molecule has 1 N–H and O–H groups in total. The van der Waals surface area contributed by atoms with E-state index < -0.39 is 0 Å². The molecule has 5 nitrogen and oxygen atoms in total. The zero-order valence-electron chi connectivity index (χ0n) is 12.9. The van der Waals surface area contributed by atoms with E-state index in [9.17, 15) is 4.79 Å². The number of rotatable bonds is 4. The fourth-order valence-electron chi connectivity index (χ4n) is 2.75. The largest absolute Gasteiger partial charge is 0.368 e. The highest BCUT2D eigenvalue weighted by Gasteiger charge is 2.31. The standard InChI is InChI=1S/C17H21N3O2/c1-12-8-11-22-16(12)17(21)19-13(2)14-4-6-15(7-5-14)20-10-3-9-18-20/h3-7,9-10,12-13,16H,8,11H2,1-2H3,(H,19,21)/t12-,13-,16-/m0/s1. The molecule has 116 valence electrons. The molecule has 1 amide bonds. The van der Waals surface area contributed by atoms with Crippen LogP contribution in [0.5, 0.6) is 0 Å². The van der Waals surface area contributed by atoms with Crippen LogP contribution in [-0.4, -0.2) is 28.4 Å². The Morgan fingerprint density at radius 3 is 2.77 bits per heavy atom. The second-order valence-electron chi connectivity index (χ2n) is 5.83. The molecule has 3 atom stereocenters. The Labute approximate surface area is 130 Å². The van der Waals surface area contributed by atoms with Gasteiger partial charge in [0.15, 0.2) is 0 Å². The van der Waals surface area contributed by atoms with E-state index in [1.807, 2.05) is 43.5 Å². The van der Waals surface area contributed by atoms with E-state index in [2.05, 4.69) is 17.3 Å². The molecular weight excluding hydrogens is 278 g/mol. The molecule has 3 rings (SSSR count). The number of nitrogens with zero attached hydrogens (tertiary/aromatic N) is 2. The number of ether oxygens (including phenoxy) is 1. The lowest BCUT2D eigenvalue weighted by Gasteiger charge is -2.19. The van der Waals surface area contributed by atoms with Crippen LogP contribution in [0, 0.1) is 5.92 Å². The summed E-state index contributed by atoms with van der Waals surface area (Å²) in [5.41, 5.74) is 2.06. The highest BCUT2D eigenvalue weighted by molar-refractivity contribution is 5.81. The number of carbonyl (C=O) groups excluding carboxylic acids is 1. The molecule has 2 aromatic rings. The van der Waals surface area contributed by atoms with E-state index in [0.717, 1.165) is 17.7 Å². The minimum absolute atomic E-state index is 0.0198. The average molecular weight is 299 g/mol. The first kappa shape index (κ1) is 14.8. The topological polar surface area (TPSA) is 56.1 Å². The number of benzene rings is 1. The van der Waals surface area contributed by atoms with Crippen LogP contribution in [-0.2, 0) is 9.53 Å². The van der Waals surface area contributed by atoms with Gasteiger partial charge in [-0.25, -0.2) is 4.68 Å². The van der Waals surface area contributed by atoms with Gasteiger partial charge >= 0.3 is 0 Å². The van der Waals surface area contributed by atoms with Crippen molar-refractivity contribution in [2.45, 2.75) is 32.4 Å². The maximum Gasteiger partial charge on any atom is 0.249 e. The lowest BCUT2D eigenvalue weighted by Crippen LogP contribution is -2.38. The van der Waals surface area contributed by atoms with Gasteiger partial charge in [-0.1, -0.05) is 19.1 Å². The Morgan fingerprint density at radius 2 is 2.18 bits per heavy atom. The van der Waals surface area contributed by atoms with Crippen LogP contribution in [0.4, 0.5) is 0 Å². The normalized spacial score (nSPS) is 22.5. The molecule has 0 spiro atoms. The zero-order valence-corrected chi connectivity index (χ0v) is 12.9. The van der Waals surface area contributed by atoms with Gasteiger partial charge in [0.05, 0.1) is 11.7 Å². The van der Waals surface area contributed by atoms with Gasteiger partial charge < -0.3 is 10.1 Å². The van der Waals surface area contributed by atoms with E-state index in [1.165, 1.54) is 0 Å². The summed E-state index contributed by atoms with van der Waals surface area (Å²) in [6, 6.07) is 9.87. The molecule has 22 heavy (non-hydrogen) atoms. The van der Waals surface area contributed by atoms with Gasteiger partial charge in [0.1, 0.15) is 6.10 Å². The summed E-state index contributed by atoms with van der Waals surface area (Å²) in [7, 11) is 0. The maximum atomic E-state index is 12.2. The highest BCUT2D eigenvalue weighted by atomic mass is 16.5. The van der Waals surface area contributed by atoms with Crippen molar-refractivity contribution in [2.75, 3.05) is 6.61 Å². The van der Waals surface area contributed by atoms with Gasteiger partial charge in [-0.05, 0) is 43.0 Å². The maximum absolute atomic E-state index is 12.2. The summed E-state index contributed by atoms with van der Waals surface area (Å²) < 4.78 is 7.31. The Morgan fingerprint density at radius 1 is 1.41 bits per heavy atom. The van der Waals surface area contributed by atoms with Gasteiger partial charge in [0.2, 0.25) is 5.91 Å². The molecule has 0 bridgehead atoms. The molecule has 1 aromatic carbocycles. The van der Waals surface area contributed by atoms with E-state index in [0.29, 0.717) is 6.61 Å². The first-order chi connectivity index (χ1) is 10.6. The summed E-state index contributed by atoms with van der Waals surface area (Å²) in [5.74, 6) is 0.267.